The van der Waals surface area contributed by atoms with Crippen LogP contribution in [0.4, 0.5) is 0 Å². The number of aliphatic carboxylic acids is 1. The van der Waals surface area contributed by atoms with Crippen LogP contribution in [0.2, 0.25) is 0 Å². The summed E-state index contributed by atoms with van der Waals surface area (Å²) in [6.07, 6.45) is -0.785. The molecule has 23 heavy (non-hydrogen) atoms. The minimum absolute atomic E-state index is 0.00474. The number of carboxylic acid groups (broad SMARTS) is 1. The van der Waals surface area contributed by atoms with Crippen LogP contribution in [0.15, 0.2) is 12.1 Å². The van der Waals surface area contributed by atoms with Gasteiger partial charge in [0.15, 0.2) is 0 Å². The Kier molecular flexibility index (Phi) is 4.62. The van der Waals surface area contributed by atoms with E-state index < -0.39 is 24.6 Å². The third-order valence-electron chi connectivity index (χ3n) is 5.31. The van der Waals surface area contributed by atoms with Gasteiger partial charge in [0.1, 0.15) is 6.10 Å². The quantitative estimate of drug-likeness (QED) is 0.796. The average Bonchev–Trinajstić information content (AvgIpc) is 2.42. The smallest absolute Gasteiger partial charge is 0.306 e. The van der Waals surface area contributed by atoms with Gasteiger partial charge in [0.2, 0.25) is 0 Å². The molecule has 0 saturated heterocycles. The van der Waals surface area contributed by atoms with Gasteiger partial charge in [0.05, 0.1) is 12.5 Å². The number of aryl methyl sites for hydroxylation is 1. The molecule has 4 heteroatoms. The maximum atomic E-state index is 10.8. The summed E-state index contributed by atoms with van der Waals surface area (Å²) in [6.45, 7) is 10.8. The van der Waals surface area contributed by atoms with Gasteiger partial charge in [-0.05, 0) is 52.8 Å². The van der Waals surface area contributed by atoms with E-state index in [9.17, 15) is 15.0 Å². The Morgan fingerprint density at radius 3 is 2.04 bits per heavy atom. The Hall–Kier alpha value is -1.39. The third-order valence-corrected chi connectivity index (χ3v) is 5.31. The van der Waals surface area contributed by atoms with E-state index in [4.69, 9.17) is 5.11 Å². The molecule has 0 aromatic heterocycles. The monoisotopic (exact) mass is 320 g/mol. The van der Waals surface area contributed by atoms with Crippen LogP contribution in [0.5, 0.6) is 0 Å². The Morgan fingerprint density at radius 2 is 1.57 bits per heavy atom. The minimum atomic E-state index is -1.30. The van der Waals surface area contributed by atoms with Crippen molar-refractivity contribution in [3.05, 3.63) is 34.4 Å². The second-order valence-electron chi connectivity index (χ2n) is 8.13. The molecule has 0 radical (unpaired) electrons. The molecule has 0 aliphatic heterocycles. The third kappa shape index (κ3) is 3.43. The van der Waals surface area contributed by atoms with Crippen molar-refractivity contribution in [3.63, 3.8) is 0 Å². The van der Waals surface area contributed by atoms with E-state index in [1.165, 1.54) is 11.1 Å². The molecule has 128 valence electrons. The highest BCUT2D eigenvalue weighted by Gasteiger charge is 2.38. The van der Waals surface area contributed by atoms with E-state index in [-0.39, 0.29) is 10.8 Å². The van der Waals surface area contributed by atoms with Crippen molar-refractivity contribution in [1.82, 2.24) is 0 Å². The van der Waals surface area contributed by atoms with Gasteiger partial charge < -0.3 is 15.3 Å². The molecule has 1 aromatic rings. The predicted octanol–water partition coefficient (Wildman–Crippen LogP) is 3.21. The van der Waals surface area contributed by atoms with Crippen molar-refractivity contribution in [2.24, 2.45) is 0 Å². The largest absolute Gasteiger partial charge is 0.481 e. The maximum absolute atomic E-state index is 10.8. The number of benzene rings is 1. The number of aliphatic hydroxyl groups excluding tert-OH is 2. The molecule has 4 nitrogen and oxygen atoms in total. The molecular weight excluding hydrogens is 292 g/mol. The van der Waals surface area contributed by atoms with Crippen LogP contribution < -0.4 is 0 Å². The second kappa shape index (κ2) is 5.91. The molecule has 0 amide bonds. The summed E-state index contributed by atoms with van der Waals surface area (Å²) in [7, 11) is 0. The van der Waals surface area contributed by atoms with Crippen molar-refractivity contribution in [2.75, 3.05) is 0 Å². The summed E-state index contributed by atoms with van der Waals surface area (Å²) >= 11 is 0. The lowest BCUT2D eigenvalue weighted by Gasteiger charge is -2.42. The molecule has 1 aromatic carbocycles. The van der Waals surface area contributed by atoms with Crippen LogP contribution in [0.25, 0.3) is 0 Å². The number of carbonyl (C=O) groups is 1. The van der Waals surface area contributed by atoms with Crippen LogP contribution in [-0.4, -0.2) is 27.4 Å². The maximum Gasteiger partial charge on any atom is 0.306 e. The van der Waals surface area contributed by atoms with Gasteiger partial charge in [0.25, 0.3) is 0 Å². The lowest BCUT2D eigenvalue weighted by atomic mass is 9.62. The van der Waals surface area contributed by atoms with Gasteiger partial charge in [0, 0.05) is 0 Å². The Labute approximate surface area is 138 Å². The van der Waals surface area contributed by atoms with Gasteiger partial charge in [-0.25, -0.2) is 0 Å². The average molecular weight is 320 g/mol. The highest BCUT2D eigenvalue weighted by molar-refractivity contribution is 5.67. The Morgan fingerprint density at radius 1 is 1.09 bits per heavy atom. The van der Waals surface area contributed by atoms with Crippen LogP contribution in [0.1, 0.15) is 75.3 Å². The first-order chi connectivity index (χ1) is 10.5. The first-order valence-corrected chi connectivity index (χ1v) is 8.19. The van der Waals surface area contributed by atoms with Gasteiger partial charge in [-0.2, -0.15) is 0 Å². The van der Waals surface area contributed by atoms with Crippen molar-refractivity contribution in [1.29, 1.82) is 0 Å². The molecule has 2 unspecified atom stereocenters. The normalized spacial score (nSPS) is 21.3. The molecule has 0 saturated carbocycles. The fourth-order valence-electron chi connectivity index (χ4n) is 3.56. The van der Waals surface area contributed by atoms with E-state index in [0.717, 1.165) is 18.4 Å². The van der Waals surface area contributed by atoms with E-state index in [0.29, 0.717) is 5.56 Å². The van der Waals surface area contributed by atoms with Crippen molar-refractivity contribution in [2.45, 2.75) is 76.9 Å². The second-order valence-corrected chi connectivity index (χ2v) is 8.13. The number of carboxylic acids is 1. The van der Waals surface area contributed by atoms with Crippen LogP contribution in [-0.2, 0) is 15.6 Å². The standard InChI is InChI=1S/C19H28O4/c1-11-8-13-14(19(4,5)7-6-18(13,2)3)9-12(11)17(23)15(20)10-16(21)22/h8-9,15,17,20,23H,6-7,10H2,1-5H3,(H,21,22). The zero-order valence-electron chi connectivity index (χ0n) is 14.7. The molecule has 0 heterocycles. The first-order valence-electron chi connectivity index (χ1n) is 8.19. The van der Waals surface area contributed by atoms with Crippen molar-refractivity contribution < 1.29 is 20.1 Å². The van der Waals surface area contributed by atoms with Gasteiger partial charge in [-0.1, -0.05) is 39.8 Å². The zero-order chi connectivity index (χ0) is 17.6. The molecule has 1 aliphatic rings. The van der Waals surface area contributed by atoms with Gasteiger partial charge >= 0.3 is 5.97 Å². The molecule has 3 N–H and O–H groups in total. The number of rotatable bonds is 4. The van der Waals surface area contributed by atoms with Crippen molar-refractivity contribution in [3.8, 4) is 0 Å². The topological polar surface area (TPSA) is 77.8 Å². The molecule has 0 bridgehead atoms. The summed E-state index contributed by atoms with van der Waals surface area (Å²) in [5.41, 5.74) is 4.09. The Balaban J connectivity index is 2.51. The lowest BCUT2D eigenvalue weighted by molar-refractivity contribution is -0.141. The number of hydrogen-bond acceptors (Lipinski definition) is 3. The molecule has 0 fully saturated rings. The molecule has 2 atom stereocenters. The highest BCUT2D eigenvalue weighted by atomic mass is 16.4. The van der Waals surface area contributed by atoms with Crippen molar-refractivity contribution >= 4 is 5.97 Å². The predicted molar refractivity (Wildman–Crippen MR) is 89.7 cm³/mol. The van der Waals surface area contributed by atoms with Crippen LogP contribution >= 0.6 is 0 Å². The van der Waals surface area contributed by atoms with Gasteiger partial charge in [-0.15, -0.1) is 0 Å². The molecular formula is C19H28O4. The summed E-state index contributed by atoms with van der Waals surface area (Å²) in [6, 6.07) is 4.07. The summed E-state index contributed by atoms with van der Waals surface area (Å²) in [4.78, 5) is 10.8. The fourth-order valence-corrected chi connectivity index (χ4v) is 3.56. The molecule has 1 aliphatic carbocycles. The van der Waals surface area contributed by atoms with E-state index in [2.05, 4.69) is 33.8 Å². The number of fused-ring (bicyclic) bond motifs is 1. The van der Waals surface area contributed by atoms with E-state index in [1.807, 2.05) is 13.0 Å². The SMILES string of the molecule is Cc1cc2c(cc1C(O)C(O)CC(=O)O)C(C)(C)CCC2(C)C. The van der Waals surface area contributed by atoms with Gasteiger partial charge in [-0.3, -0.25) is 4.79 Å². The van der Waals surface area contributed by atoms with E-state index in [1.54, 1.807) is 0 Å². The number of hydrogen-bond donors (Lipinski definition) is 3. The number of aliphatic hydroxyl groups is 2. The lowest BCUT2D eigenvalue weighted by Crippen LogP contribution is -2.34. The highest BCUT2D eigenvalue weighted by Crippen LogP contribution is 2.47. The summed E-state index contributed by atoms with van der Waals surface area (Å²) in [5.74, 6) is -1.12. The van der Waals surface area contributed by atoms with E-state index >= 15 is 0 Å². The first kappa shape index (κ1) is 18.0. The van der Waals surface area contributed by atoms with Crippen LogP contribution in [0.3, 0.4) is 0 Å². The zero-order valence-corrected chi connectivity index (χ0v) is 14.7. The minimum Gasteiger partial charge on any atom is -0.481 e. The molecule has 0 spiro atoms. The summed E-state index contributed by atoms with van der Waals surface area (Å²) in [5, 5.41) is 29.2. The summed E-state index contributed by atoms with van der Waals surface area (Å²) < 4.78 is 0. The van der Waals surface area contributed by atoms with Crippen LogP contribution in [0, 0.1) is 6.92 Å². The fraction of sp³-hybridized carbons (Fsp3) is 0.632. The molecule has 2 rings (SSSR count). The Bertz CT molecular complexity index is 616.